The number of nitrogens with one attached hydrogen (secondary N) is 1. The van der Waals surface area contributed by atoms with E-state index in [1.54, 1.807) is 0 Å². The van der Waals surface area contributed by atoms with Gasteiger partial charge in [0, 0.05) is 0 Å². The van der Waals surface area contributed by atoms with Gasteiger partial charge in [0.1, 0.15) is 5.82 Å². The number of nitrogen functional groups attached to an aromatic ring is 1. The molecule has 6 nitrogen and oxygen atoms in total. The second-order valence-corrected chi connectivity index (χ2v) is 5.50. The highest BCUT2D eigenvalue weighted by molar-refractivity contribution is 7.89. The number of hydrogen-bond donors (Lipinski definition) is 4. The molecule has 0 atom stereocenters. The normalized spacial score (nSPS) is 12.1. The molecule has 8 heteroatoms. The second-order valence-electron chi connectivity index (χ2n) is 3.82. The summed E-state index contributed by atoms with van der Waals surface area (Å²) in [7, 11) is -3.97. The molecule has 0 aromatic heterocycles. The molecule has 0 aliphatic carbocycles. The Bertz CT molecular complexity index is 529. The highest BCUT2D eigenvalue weighted by Crippen LogP contribution is 2.21. The predicted molar refractivity (Wildman–Crippen MR) is 63.8 cm³/mol. The van der Waals surface area contributed by atoms with Crippen LogP contribution in [0.2, 0.25) is 0 Å². The summed E-state index contributed by atoms with van der Waals surface area (Å²) < 4.78 is 39.1. The van der Waals surface area contributed by atoms with Crippen LogP contribution in [-0.2, 0) is 10.0 Å². The van der Waals surface area contributed by atoms with Gasteiger partial charge < -0.3 is 15.9 Å². The lowest BCUT2D eigenvalue weighted by atomic mass is 10.2. The van der Waals surface area contributed by atoms with Gasteiger partial charge in [-0.2, -0.15) is 0 Å². The average molecular weight is 278 g/mol. The summed E-state index contributed by atoms with van der Waals surface area (Å²) in [6.07, 6.45) is 0. The van der Waals surface area contributed by atoms with E-state index in [-0.39, 0.29) is 16.1 Å². The minimum atomic E-state index is -3.97. The molecule has 0 saturated carbocycles. The van der Waals surface area contributed by atoms with E-state index in [9.17, 15) is 12.8 Å². The van der Waals surface area contributed by atoms with Gasteiger partial charge in [0.2, 0.25) is 10.0 Å². The van der Waals surface area contributed by atoms with Crippen LogP contribution in [-0.4, -0.2) is 37.9 Å². The molecule has 0 amide bonds. The molecular weight excluding hydrogens is 263 g/mol. The molecular formula is C10H15FN2O4S. The number of rotatable bonds is 5. The summed E-state index contributed by atoms with van der Waals surface area (Å²) in [5.74, 6) is -0.702. The van der Waals surface area contributed by atoms with Crippen molar-refractivity contribution in [2.24, 2.45) is 0 Å². The zero-order valence-electron chi connectivity index (χ0n) is 9.72. The molecule has 0 spiro atoms. The van der Waals surface area contributed by atoms with Crippen molar-refractivity contribution in [3.63, 3.8) is 0 Å². The molecule has 0 aliphatic heterocycles. The maximum Gasteiger partial charge on any atom is 0.241 e. The molecule has 5 N–H and O–H groups in total. The lowest BCUT2D eigenvalue weighted by Gasteiger charge is -2.15. The number of halogens is 1. The maximum absolute atomic E-state index is 13.1. The minimum Gasteiger partial charge on any atom is -0.396 e. The third-order valence-corrected chi connectivity index (χ3v) is 4.01. The van der Waals surface area contributed by atoms with Gasteiger partial charge >= 0.3 is 0 Å². The maximum atomic E-state index is 13.1. The number of aryl methyl sites for hydroxylation is 1. The molecule has 1 rings (SSSR count). The first-order valence-electron chi connectivity index (χ1n) is 5.11. The fourth-order valence-electron chi connectivity index (χ4n) is 1.37. The smallest absolute Gasteiger partial charge is 0.241 e. The van der Waals surface area contributed by atoms with Crippen LogP contribution >= 0.6 is 0 Å². The second kappa shape index (κ2) is 5.61. The number of sulfonamides is 1. The quantitative estimate of drug-likeness (QED) is 0.535. The van der Waals surface area contributed by atoms with E-state index in [0.717, 1.165) is 12.1 Å². The molecule has 0 fully saturated rings. The highest BCUT2D eigenvalue weighted by atomic mass is 32.2. The van der Waals surface area contributed by atoms with Crippen molar-refractivity contribution in [3.05, 3.63) is 23.5 Å². The van der Waals surface area contributed by atoms with Crippen molar-refractivity contribution in [3.8, 4) is 0 Å². The standard InChI is InChI=1S/C10H15FN2O4S/c1-6-2-8(11)9(12)3-10(6)18(16,17)13-7(4-14)5-15/h2-3,7,13-15H,4-5,12H2,1H3. The van der Waals surface area contributed by atoms with E-state index in [4.69, 9.17) is 15.9 Å². The van der Waals surface area contributed by atoms with E-state index in [1.807, 2.05) is 0 Å². The SMILES string of the molecule is Cc1cc(F)c(N)cc1S(=O)(=O)NC(CO)CO. The lowest BCUT2D eigenvalue weighted by Crippen LogP contribution is -2.40. The first-order chi connectivity index (χ1) is 8.31. The Labute approximate surface area is 104 Å². The van der Waals surface area contributed by atoms with Crippen molar-refractivity contribution in [1.29, 1.82) is 0 Å². The monoisotopic (exact) mass is 278 g/mol. The number of benzene rings is 1. The molecule has 0 unspecified atom stereocenters. The van der Waals surface area contributed by atoms with E-state index in [0.29, 0.717) is 0 Å². The Kier molecular flexibility index (Phi) is 4.63. The van der Waals surface area contributed by atoms with Gasteiger partial charge in [-0.1, -0.05) is 0 Å². The Morgan fingerprint density at radius 3 is 2.44 bits per heavy atom. The topological polar surface area (TPSA) is 113 Å². The molecule has 18 heavy (non-hydrogen) atoms. The fraction of sp³-hybridized carbons (Fsp3) is 0.400. The summed E-state index contributed by atoms with van der Waals surface area (Å²) in [6, 6.07) is 0.996. The van der Waals surface area contributed by atoms with Gasteiger partial charge in [-0.3, -0.25) is 0 Å². The lowest BCUT2D eigenvalue weighted by molar-refractivity contribution is 0.185. The van der Waals surface area contributed by atoms with Gasteiger partial charge in [-0.25, -0.2) is 17.5 Å². The van der Waals surface area contributed by atoms with Crippen LogP contribution in [0.5, 0.6) is 0 Å². The number of nitrogens with two attached hydrogens (primary N) is 1. The van der Waals surface area contributed by atoms with Gasteiger partial charge in [-0.15, -0.1) is 0 Å². The van der Waals surface area contributed by atoms with Crippen LogP contribution in [0.4, 0.5) is 10.1 Å². The largest absolute Gasteiger partial charge is 0.396 e. The summed E-state index contributed by atoms with van der Waals surface area (Å²) in [6.45, 7) is 0.320. The van der Waals surface area contributed by atoms with E-state index in [2.05, 4.69) is 4.72 Å². The van der Waals surface area contributed by atoms with Crippen LogP contribution < -0.4 is 10.5 Å². The van der Waals surface area contributed by atoms with Gasteiger partial charge in [0.15, 0.2) is 0 Å². The molecule has 0 radical (unpaired) electrons. The Morgan fingerprint density at radius 1 is 1.39 bits per heavy atom. The molecule has 0 aliphatic rings. The molecule has 1 aromatic carbocycles. The molecule has 0 heterocycles. The predicted octanol–water partition coefficient (Wildman–Crippen LogP) is -0.652. The first-order valence-corrected chi connectivity index (χ1v) is 6.59. The molecule has 1 aromatic rings. The highest BCUT2D eigenvalue weighted by Gasteiger charge is 2.22. The van der Waals surface area contributed by atoms with E-state index in [1.165, 1.54) is 6.92 Å². The summed E-state index contributed by atoms with van der Waals surface area (Å²) in [5, 5.41) is 17.7. The number of aliphatic hydroxyl groups excluding tert-OH is 2. The summed E-state index contributed by atoms with van der Waals surface area (Å²) in [4.78, 5) is -0.187. The number of aliphatic hydroxyl groups is 2. The molecule has 102 valence electrons. The number of anilines is 1. The van der Waals surface area contributed by atoms with Crippen LogP contribution in [0.1, 0.15) is 5.56 Å². The van der Waals surface area contributed by atoms with Crippen molar-refractivity contribution in [2.75, 3.05) is 18.9 Å². The minimum absolute atomic E-state index is 0.184. The van der Waals surface area contributed by atoms with Gasteiger partial charge in [0.25, 0.3) is 0 Å². The zero-order valence-corrected chi connectivity index (χ0v) is 10.5. The van der Waals surface area contributed by atoms with Crippen molar-refractivity contribution >= 4 is 15.7 Å². The number of hydrogen-bond acceptors (Lipinski definition) is 5. The Morgan fingerprint density at radius 2 is 1.94 bits per heavy atom. The van der Waals surface area contributed by atoms with Crippen molar-refractivity contribution < 1.29 is 23.0 Å². The third-order valence-electron chi connectivity index (χ3n) is 2.35. The van der Waals surface area contributed by atoms with Gasteiger partial charge in [0.05, 0.1) is 29.8 Å². The first kappa shape index (κ1) is 14.8. The summed E-state index contributed by atoms with van der Waals surface area (Å²) >= 11 is 0. The van der Waals surface area contributed by atoms with Gasteiger partial charge in [-0.05, 0) is 24.6 Å². The zero-order chi connectivity index (χ0) is 13.9. The Hall–Kier alpha value is -1.22. The third kappa shape index (κ3) is 3.16. The average Bonchev–Trinajstić information content (AvgIpc) is 2.30. The van der Waals surface area contributed by atoms with Crippen LogP contribution in [0, 0.1) is 12.7 Å². The Balaban J connectivity index is 3.16. The molecule has 0 bridgehead atoms. The van der Waals surface area contributed by atoms with Crippen molar-refractivity contribution in [1.82, 2.24) is 4.72 Å². The summed E-state index contributed by atoms with van der Waals surface area (Å²) in [5.41, 5.74) is 5.21. The van der Waals surface area contributed by atoms with E-state index < -0.39 is 35.1 Å². The molecule has 0 saturated heterocycles. The van der Waals surface area contributed by atoms with Crippen LogP contribution in [0.15, 0.2) is 17.0 Å². The van der Waals surface area contributed by atoms with E-state index >= 15 is 0 Å². The fourth-order valence-corrected chi connectivity index (χ4v) is 2.85. The van der Waals surface area contributed by atoms with Crippen LogP contribution in [0.3, 0.4) is 0 Å². The van der Waals surface area contributed by atoms with Crippen LogP contribution in [0.25, 0.3) is 0 Å². The van der Waals surface area contributed by atoms with Crippen molar-refractivity contribution in [2.45, 2.75) is 17.9 Å².